The molecule has 0 fully saturated rings. The summed E-state index contributed by atoms with van der Waals surface area (Å²) in [5, 5.41) is 0.830. The number of benzene rings is 3. The average Bonchev–Trinajstić information content (AvgIpc) is 3.07. The van der Waals surface area contributed by atoms with Crippen LogP contribution in [-0.4, -0.2) is 16.1 Å². The van der Waals surface area contributed by atoms with Gasteiger partial charge in [-0.1, -0.05) is 54.6 Å². The molecule has 0 radical (unpaired) electrons. The van der Waals surface area contributed by atoms with E-state index in [4.69, 9.17) is 0 Å². The topological polar surface area (TPSA) is 39.1 Å². The van der Waals surface area contributed by atoms with E-state index in [0.29, 0.717) is 22.3 Å². The van der Waals surface area contributed by atoms with Crippen molar-refractivity contribution in [1.29, 1.82) is 0 Å². The van der Waals surface area contributed by atoms with Crippen LogP contribution in [0.5, 0.6) is 0 Å². The summed E-state index contributed by atoms with van der Waals surface area (Å²) in [5.74, 6) is -0.163. The summed E-state index contributed by atoms with van der Waals surface area (Å²) < 4.78 is 2.01. The first-order valence-electron chi connectivity index (χ1n) is 8.52. The molecule has 4 aromatic rings. The Morgan fingerprint density at radius 1 is 0.692 bits per heavy atom. The molecule has 0 bridgehead atoms. The van der Waals surface area contributed by atoms with Crippen LogP contribution in [0.1, 0.15) is 31.8 Å². The summed E-state index contributed by atoms with van der Waals surface area (Å²) in [6.45, 7) is 0. The summed E-state index contributed by atoms with van der Waals surface area (Å²) in [4.78, 5) is 26.3. The fraction of sp³-hybridized carbons (Fsp3) is 0.0435. The molecule has 124 valence electrons. The van der Waals surface area contributed by atoms with Crippen LogP contribution in [0.15, 0.2) is 72.9 Å². The van der Waals surface area contributed by atoms with Crippen LogP contribution in [0.25, 0.3) is 22.0 Å². The van der Waals surface area contributed by atoms with Crippen LogP contribution in [-0.2, 0) is 7.05 Å². The highest BCUT2D eigenvalue weighted by molar-refractivity contribution is 6.33. The van der Waals surface area contributed by atoms with Crippen molar-refractivity contribution in [3.05, 3.63) is 95.2 Å². The van der Waals surface area contributed by atoms with Crippen molar-refractivity contribution in [2.45, 2.75) is 0 Å². The van der Waals surface area contributed by atoms with Gasteiger partial charge < -0.3 is 4.57 Å². The summed E-state index contributed by atoms with van der Waals surface area (Å²) in [6.07, 6.45) is 1.94. The van der Waals surface area contributed by atoms with E-state index >= 15 is 0 Å². The molecule has 3 heteroatoms. The molecular weight excluding hydrogens is 322 g/mol. The van der Waals surface area contributed by atoms with Crippen LogP contribution in [0.3, 0.4) is 0 Å². The van der Waals surface area contributed by atoms with Crippen molar-refractivity contribution in [3.63, 3.8) is 0 Å². The second-order valence-electron chi connectivity index (χ2n) is 6.61. The molecule has 26 heavy (non-hydrogen) atoms. The summed E-state index contributed by atoms with van der Waals surface area (Å²) in [6, 6.07) is 20.8. The Balaban J connectivity index is 1.91. The zero-order valence-corrected chi connectivity index (χ0v) is 14.2. The molecular formula is C23H15NO2. The summed E-state index contributed by atoms with van der Waals surface area (Å²) in [7, 11) is 1.96. The summed E-state index contributed by atoms with van der Waals surface area (Å²) >= 11 is 0. The van der Waals surface area contributed by atoms with Gasteiger partial charge in [-0.2, -0.15) is 0 Å². The van der Waals surface area contributed by atoms with E-state index in [1.54, 1.807) is 24.3 Å². The average molecular weight is 337 g/mol. The Kier molecular flexibility index (Phi) is 3.01. The van der Waals surface area contributed by atoms with Crippen LogP contribution in [0.2, 0.25) is 0 Å². The Bertz CT molecular complexity index is 1220. The molecule has 1 aliphatic rings. The first kappa shape index (κ1) is 14.8. The van der Waals surface area contributed by atoms with E-state index in [1.165, 1.54) is 0 Å². The number of hydrogen-bond acceptors (Lipinski definition) is 2. The predicted octanol–water partition coefficient (Wildman–Crippen LogP) is 4.62. The standard InChI is InChI=1S/C23H15NO2/c1-24-12-11-17-20-19(13-18(21(17)24)14-7-3-2-4-8-14)22(25)15-9-5-6-10-16(15)23(20)26/h2-13H,1H3. The maximum atomic E-state index is 13.2. The molecule has 0 unspecified atom stereocenters. The van der Waals surface area contributed by atoms with Crippen molar-refractivity contribution in [3.8, 4) is 11.1 Å². The maximum Gasteiger partial charge on any atom is 0.195 e. The normalized spacial score (nSPS) is 13.0. The Morgan fingerprint density at radius 2 is 1.35 bits per heavy atom. The van der Waals surface area contributed by atoms with Gasteiger partial charge in [0.15, 0.2) is 11.6 Å². The fourth-order valence-corrected chi connectivity index (χ4v) is 3.92. The van der Waals surface area contributed by atoms with E-state index < -0.39 is 0 Å². The zero-order valence-electron chi connectivity index (χ0n) is 14.2. The molecule has 0 atom stereocenters. The number of nitrogens with zero attached hydrogens (tertiary/aromatic N) is 1. The number of aromatic nitrogens is 1. The molecule has 1 aromatic heterocycles. The van der Waals surface area contributed by atoms with Crippen molar-refractivity contribution in [2.75, 3.05) is 0 Å². The third-order valence-corrected chi connectivity index (χ3v) is 5.13. The zero-order chi connectivity index (χ0) is 17.8. The van der Waals surface area contributed by atoms with Crippen molar-refractivity contribution >= 4 is 22.5 Å². The molecule has 0 saturated carbocycles. The highest BCUT2D eigenvalue weighted by Gasteiger charge is 2.32. The van der Waals surface area contributed by atoms with Gasteiger partial charge in [-0.3, -0.25) is 9.59 Å². The van der Waals surface area contributed by atoms with Crippen molar-refractivity contribution in [1.82, 2.24) is 4.57 Å². The van der Waals surface area contributed by atoms with E-state index in [0.717, 1.165) is 22.0 Å². The molecule has 1 heterocycles. The lowest BCUT2D eigenvalue weighted by molar-refractivity contribution is 0.0980. The van der Waals surface area contributed by atoms with Crippen LogP contribution in [0.4, 0.5) is 0 Å². The first-order valence-corrected chi connectivity index (χ1v) is 8.52. The first-order chi connectivity index (χ1) is 12.7. The van der Waals surface area contributed by atoms with Crippen molar-refractivity contribution < 1.29 is 9.59 Å². The van der Waals surface area contributed by atoms with Crippen LogP contribution in [0, 0.1) is 0 Å². The van der Waals surface area contributed by atoms with Gasteiger partial charge in [-0.05, 0) is 17.7 Å². The van der Waals surface area contributed by atoms with Gasteiger partial charge in [0.05, 0.1) is 5.52 Å². The fourth-order valence-electron chi connectivity index (χ4n) is 3.92. The number of aryl methyl sites for hydroxylation is 1. The minimum absolute atomic E-state index is 0.0778. The molecule has 0 saturated heterocycles. The number of carbonyl (C=O) groups excluding carboxylic acids is 2. The van der Waals surface area contributed by atoms with E-state index in [1.807, 2.05) is 60.3 Å². The molecule has 3 aromatic carbocycles. The Morgan fingerprint density at radius 3 is 2.08 bits per heavy atom. The number of carbonyl (C=O) groups is 2. The van der Waals surface area contributed by atoms with E-state index in [2.05, 4.69) is 0 Å². The SMILES string of the molecule is Cn1ccc2c3c(cc(-c4ccccc4)c21)C(=O)c1ccccc1C3=O. The van der Waals surface area contributed by atoms with Gasteiger partial charge in [-0.25, -0.2) is 0 Å². The smallest absolute Gasteiger partial charge is 0.195 e. The number of fused-ring (bicyclic) bond motifs is 4. The number of ketones is 2. The second kappa shape index (κ2) is 5.27. The largest absolute Gasteiger partial charge is 0.350 e. The molecule has 3 nitrogen and oxygen atoms in total. The third-order valence-electron chi connectivity index (χ3n) is 5.13. The summed E-state index contributed by atoms with van der Waals surface area (Å²) in [5.41, 5.74) is 4.95. The van der Waals surface area contributed by atoms with Crippen LogP contribution >= 0.6 is 0 Å². The number of rotatable bonds is 1. The Hall–Kier alpha value is -3.46. The van der Waals surface area contributed by atoms with Gasteiger partial charge in [-0.15, -0.1) is 0 Å². The lowest BCUT2D eigenvalue weighted by Gasteiger charge is -2.20. The molecule has 0 spiro atoms. The minimum atomic E-state index is -0.0851. The molecule has 1 aliphatic carbocycles. The quantitative estimate of drug-likeness (QED) is 0.448. The van der Waals surface area contributed by atoms with Gasteiger partial charge in [0, 0.05) is 46.4 Å². The van der Waals surface area contributed by atoms with Gasteiger partial charge in [0.1, 0.15) is 0 Å². The highest BCUT2D eigenvalue weighted by atomic mass is 16.1. The third kappa shape index (κ3) is 1.88. The number of hydrogen-bond donors (Lipinski definition) is 0. The van der Waals surface area contributed by atoms with Gasteiger partial charge in [0.25, 0.3) is 0 Å². The van der Waals surface area contributed by atoms with Crippen molar-refractivity contribution in [2.24, 2.45) is 7.05 Å². The lowest BCUT2D eigenvalue weighted by atomic mass is 9.81. The minimum Gasteiger partial charge on any atom is -0.350 e. The molecule has 0 aliphatic heterocycles. The highest BCUT2D eigenvalue weighted by Crippen LogP contribution is 2.38. The van der Waals surface area contributed by atoms with Gasteiger partial charge >= 0.3 is 0 Å². The van der Waals surface area contributed by atoms with Crippen LogP contribution < -0.4 is 0 Å². The predicted molar refractivity (Wildman–Crippen MR) is 102 cm³/mol. The monoisotopic (exact) mass is 337 g/mol. The van der Waals surface area contributed by atoms with E-state index in [-0.39, 0.29) is 11.6 Å². The van der Waals surface area contributed by atoms with Gasteiger partial charge in [0.2, 0.25) is 0 Å². The second-order valence-corrected chi connectivity index (χ2v) is 6.61. The molecule has 0 N–H and O–H groups in total. The maximum absolute atomic E-state index is 13.2. The Labute approximate surface area is 150 Å². The lowest BCUT2D eigenvalue weighted by Crippen LogP contribution is -2.21. The van der Waals surface area contributed by atoms with E-state index in [9.17, 15) is 9.59 Å². The molecule has 5 rings (SSSR count). The molecule has 0 amide bonds.